The van der Waals surface area contributed by atoms with Crippen LogP contribution in [0, 0.1) is 0 Å². The number of allylic oxidation sites excluding steroid dienone is 4. The van der Waals surface area contributed by atoms with Gasteiger partial charge in [0.1, 0.15) is 0 Å². The number of carbonyl (C=O) groups excluding carboxylic acids is 2. The Morgan fingerprint density at radius 3 is 1.15 bits per heavy atom. The molecule has 0 atom stereocenters. The molecule has 0 amide bonds. The van der Waals surface area contributed by atoms with Gasteiger partial charge in [0.15, 0.2) is 34.6 Å². The summed E-state index contributed by atoms with van der Waals surface area (Å²) >= 11 is 0. The second-order valence-electron chi connectivity index (χ2n) is 9.49. The normalized spacial score (nSPS) is 20.6. The number of ether oxygens (including phenoxy) is 4. The van der Waals surface area contributed by atoms with Crippen molar-refractivity contribution in [1.29, 1.82) is 0 Å². The quantitative estimate of drug-likeness (QED) is 0.493. The van der Waals surface area contributed by atoms with Crippen molar-refractivity contribution in [3.8, 4) is 23.0 Å². The van der Waals surface area contributed by atoms with E-state index in [0.29, 0.717) is 11.5 Å². The number of fused-ring (bicyclic) bond motifs is 6. The summed E-state index contributed by atoms with van der Waals surface area (Å²) in [4.78, 5) is 24.6. The molecule has 0 saturated heterocycles. The summed E-state index contributed by atoms with van der Waals surface area (Å²) < 4.78 is 21.4. The molecule has 6 heteroatoms. The largest absolute Gasteiger partial charge is 0.454 e. The van der Waals surface area contributed by atoms with Crippen molar-refractivity contribution in [3.05, 3.63) is 57.7 Å². The fourth-order valence-electron chi connectivity index (χ4n) is 5.99. The first-order valence-corrected chi connectivity index (χ1v) is 12.1. The summed E-state index contributed by atoms with van der Waals surface area (Å²) in [6, 6.07) is 7.64. The Bertz CT molecular complexity index is 1240. The maximum Gasteiger partial charge on any atom is 0.231 e. The molecule has 0 bridgehead atoms. The van der Waals surface area contributed by atoms with Crippen LogP contribution in [0.5, 0.6) is 23.0 Å². The van der Waals surface area contributed by atoms with E-state index in [0.717, 1.165) is 83.4 Å². The number of hydrogen-bond donors (Lipinski definition) is 0. The molecule has 0 fully saturated rings. The highest BCUT2D eigenvalue weighted by atomic mass is 16.7. The van der Waals surface area contributed by atoms with Crippen LogP contribution in [0.3, 0.4) is 0 Å². The Kier molecular flexibility index (Phi) is 4.38. The van der Waals surface area contributed by atoms with Gasteiger partial charge >= 0.3 is 0 Å². The summed E-state index contributed by atoms with van der Waals surface area (Å²) in [5.41, 5.74) is 8.30. The van der Waals surface area contributed by atoms with Gasteiger partial charge in [-0.3, -0.25) is 9.59 Å². The van der Waals surface area contributed by atoms with E-state index in [1.165, 1.54) is 24.0 Å². The minimum Gasteiger partial charge on any atom is -0.454 e. The van der Waals surface area contributed by atoms with Crippen molar-refractivity contribution in [2.45, 2.75) is 51.4 Å². The highest BCUT2D eigenvalue weighted by molar-refractivity contribution is 6.22. The van der Waals surface area contributed by atoms with Gasteiger partial charge in [-0.15, -0.1) is 0 Å². The minimum atomic E-state index is 0.202. The lowest BCUT2D eigenvalue weighted by Gasteiger charge is -2.12. The van der Waals surface area contributed by atoms with Gasteiger partial charge in [0.25, 0.3) is 0 Å². The lowest BCUT2D eigenvalue weighted by molar-refractivity contribution is 0.102. The Morgan fingerprint density at radius 2 is 0.765 bits per heavy atom. The molecule has 2 aromatic carbocycles. The van der Waals surface area contributed by atoms with Gasteiger partial charge in [-0.2, -0.15) is 0 Å². The molecule has 0 radical (unpaired) electrons. The Labute approximate surface area is 197 Å². The summed E-state index contributed by atoms with van der Waals surface area (Å²) in [7, 11) is 0. The molecule has 34 heavy (non-hydrogen) atoms. The molecule has 0 spiro atoms. The predicted molar refractivity (Wildman–Crippen MR) is 125 cm³/mol. The molecular weight excluding hydrogens is 432 g/mol. The van der Waals surface area contributed by atoms with Crippen LogP contribution >= 0.6 is 0 Å². The second-order valence-corrected chi connectivity index (χ2v) is 9.49. The number of ketones is 2. The average molecular weight is 456 g/mol. The molecule has 2 aliphatic heterocycles. The zero-order chi connectivity index (χ0) is 22.8. The SMILES string of the molecule is O=C1C2=C(CCCC2)c2cc3c(cc21)OCO3.O=C1C2=C(CCCC2)c2cc3c(cc21)OCO3. The molecule has 0 aromatic heterocycles. The first-order chi connectivity index (χ1) is 16.7. The fourth-order valence-corrected chi connectivity index (χ4v) is 5.99. The van der Waals surface area contributed by atoms with Crippen molar-refractivity contribution in [2.75, 3.05) is 13.6 Å². The zero-order valence-electron chi connectivity index (χ0n) is 18.8. The molecule has 4 aliphatic carbocycles. The van der Waals surface area contributed by atoms with Crippen molar-refractivity contribution < 1.29 is 28.5 Å². The lowest BCUT2D eigenvalue weighted by Crippen LogP contribution is -2.01. The number of carbonyl (C=O) groups is 2. The summed E-state index contributed by atoms with van der Waals surface area (Å²) in [5.74, 6) is 3.36. The Balaban J connectivity index is 0.000000118. The number of hydrogen-bond acceptors (Lipinski definition) is 6. The summed E-state index contributed by atoms with van der Waals surface area (Å²) in [6.07, 6.45) is 8.52. The van der Waals surface area contributed by atoms with Crippen LogP contribution in [0.1, 0.15) is 83.2 Å². The molecule has 0 unspecified atom stereocenters. The van der Waals surface area contributed by atoms with Crippen LogP contribution in [0.2, 0.25) is 0 Å². The van der Waals surface area contributed by atoms with Gasteiger partial charge in [0.05, 0.1) is 0 Å². The van der Waals surface area contributed by atoms with Crippen molar-refractivity contribution in [3.63, 3.8) is 0 Å². The third kappa shape index (κ3) is 2.87. The molecule has 172 valence electrons. The van der Waals surface area contributed by atoms with E-state index in [9.17, 15) is 9.59 Å². The molecular formula is C28H24O6. The van der Waals surface area contributed by atoms with Crippen molar-refractivity contribution in [2.24, 2.45) is 0 Å². The topological polar surface area (TPSA) is 71.1 Å². The number of rotatable bonds is 0. The highest BCUT2D eigenvalue weighted by Crippen LogP contribution is 2.47. The molecule has 8 rings (SSSR count). The average Bonchev–Trinajstić information content (AvgIpc) is 3.64. The van der Waals surface area contributed by atoms with Crippen molar-refractivity contribution in [1.82, 2.24) is 0 Å². The van der Waals surface area contributed by atoms with Gasteiger partial charge < -0.3 is 18.9 Å². The standard InChI is InChI=1S/2C14H12O3/c2*15-14-9-4-2-1-3-8(9)10-5-12-13(6-11(10)14)17-7-16-12/h2*5-6H,1-4,7H2. The molecule has 6 aliphatic rings. The van der Waals surface area contributed by atoms with Crippen LogP contribution < -0.4 is 18.9 Å². The third-order valence-corrected chi connectivity index (χ3v) is 7.65. The summed E-state index contributed by atoms with van der Waals surface area (Å²) in [6.45, 7) is 0.524. The molecule has 0 saturated carbocycles. The van der Waals surface area contributed by atoms with Crippen molar-refractivity contribution >= 4 is 22.7 Å². The van der Waals surface area contributed by atoms with Crippen LogP contribution in [0.4, 0.5) is 0 Å². The monoisotopic (exact) mass is 456 g/mol. The highest BCUT2D eigenvalue weighted by Gasteiger charge is 2.34. The maximum absolute atomic E-state index is 12.3. The first kappa shape index (κ1) is 19.9. The molecule has 2 aromatic rings. The van der Waals surface area contributed by atoms with Crippen LogP contribution in [0.15, 0.2) is 35.4 Å². The van der Waals surface area contributed by atoms with E-state index in [1.807, 2.05) is 24.3 Å². The van der Waals surface area contributed by atoms with E-state index in [-0.39, 0.29) is 25.2 Å². The van der Waals surface area contributed by atoms with E-state index in [1.54, 1.807) is 0 Å². The first-order valence-electron chi connectivity index (χ1n) is 12.1. The van der Waals surface area contributed by atoms with Crippen LogP contribution in [-0.4, -0.2) is 25.2 Å². The van der Waals surface area contributed by atoms with E-state index >= 15 is 0 Å². The molecule has 0 N–H and O–H groups in total. The van der Waals surface area contributed by atoms with Crippen LogP contribution in [-0.2, 0) is 0 Å². The summed E-state index contributed by atoms with van der Waals surface area (Å²) in [5, 5.41) is 0. The lowest BCUT2D eigenvalue weighted by atomic mass is 9.92. The molecule has 6 nitrogen and oxygen atoms in total. The zero-order valence-corrected chi connectivity index (χ0v) is 18.8. The minimum absolute atomic E-state index is 0.202. The number of Topliss-reactive ketones (excluding diaryl/α,β-unsaturated/α-hetero) is 2. The predicted octanol–water partition coefficient (Wildman–Crippen LogP) is 5.88. The smallest absolute Gasteiger partial charge is 0.231 e. The fraction of sp³-hybridized carbons (Fsp3) is 0.357. The maximum atomic E-state index is 12.3. The van der Waals surface area contributed by atoms with Gasteiger partial charge in [-0.1, -0.05) is 0 Å². The van der Waals surface area contributed by atoms with E-state index in [4.69, 9.17) is 18.9 Å². The Hall–Kier alpha value is -3.54. The van der Waals surface area contributed by atoms with Crippen LogP contribution in [0.25, 0.3) is 11.1 Å². The van der Waals surface area contributed by atoms with E-state index < -0.39 is 0 Å². The third-order valence-electron chi connectivity index (χ3n) is 7.65. The molecule has 2 heterocycles. The van der Waals surface area contributed by atoms with Gasteiger partial charge in [0.2, 0.25) is 13.6 Å². The van der Waals surface area contributed by atoms with Gasteiger partial charge in [-0.25, -0.2) is 0 Å². The second kappa shape index (κ2) is 7.49. The Morgan fingerprint density at radius 1 is 0.441 bits per heavy atom. The number of benzene rings is 2. The van der Waals surface area contributed by atoms with Gasteiger partial charge in [-0.05, 0) is 97.9 Å². The van der Waals surface area contributed by atoms with Gasteiger partial charge in [0, 0.05) is 22.3 Å². The van der Waals surface area contributed by atoms with E-state index in [2.05, 4.69) is 0 Å².